The quantitative estimate of drug-likeness (QED) is 0.694. The number of aromatic nitrogens is 1. The van der Waals surface area contributed by atoms with Gasteiger partial charge in [-0.3, -0.25) is 4.98 Å². The molecule has 0 atom stereocenters. The van der Waals surface area contributed by atoms with Crippen LogP contribution in [-0.2, 0) is 27.7 Å². The van der Waals surface area contributed by atoms with Gasteiger partial charge in [0.25, 0.3) is 0 Å². The lowest BCUT2D eigenvalue weighted by Gasteiger charge is -2.22. The Hall–Kier alpha value is -1.83. The third-order valence-corrected chi connectivity index (χ3v) is 5.39. The van der Waals surface area contributed by atoms with Crippen molar-refractivity contribution in [2.75, 3.05) is 26.0 Å². The molecule has 1 heterocycles. The smallest absolute Gasteiger partial charge is 0.216 e. The fourth-order valence-corrected chi connectivity index (χ4v) is 3.63. The van der Waals surface area contributed by atoms with E-state index < -0.39 is 10.0 Å². The average molecular weight is 352 g/mol. The molecule has 0 aliphatic rings. The van der Waals surface area contributed by atoms with Crippen LogP contribution in [0.4, 0.5) is 4.39 Å². The molecule has 0 saturated heterocycles. The standard InChI is InChI=1S/C17H21FN2O3S/c1-23-11-12-24(21,22)20(14-15-5-4-9-19-13-15)10-8-16-6-2-3-7-17(16)18/h2-7,9,13H,8,10-12,14H2,1H3. The van der Waals surface area contributed by atoms with E-state index in [1.165, 1.54) is 17.5 Å². The topological polar surface area (TPSA) is 59.5 Å². The van der Waals surface area contributed by atoms with Crippen LogP contribution in [0.3, 0.4) is 0 Å². The summed E-state index contributed by atoms with van der Waals surface area (Å²) in [5.41, 5.74) is 1.28. The van der Waals surface area contributed by atoms with E-state index in [1.54, 1.807) is 36.7 Å². The Morgan fingerprint density at radius 2 is 2.00 bits per heavy atom. The first-order valence-electron chi connectivity index (χ1n) is 7.62. The Balaban J connectivity index is 2.14. The highest BCUT2D eigenvalue weighted by Gasteiger charge is 2.22. The number of nitrogens with zero attached hydrogens (tertiary/aromatic N) is 2. The maximum Gasteiger partial charge on any atom is 0.216 e. The molecule has 2 rings (SSSR count). The van der Waals surface area contributed by atoms with Gasteiger partial charge in [0, 0.05) is 32.6 Å². The van der Waals surface area contributed by atoms with E-state index in [4.69, 9.17) is 4.74 Å². The average Bonchev–Trinajstić information content (AvgIpc) is 2.59. The molecular formula is C17H21FN2O3S. The molecule has 0 fully saturated rings. The van der Waals surface area contributed by atoms with Gasteiger partial charge in [0.05, 0.1) is 12.4 Å². The lowest BCUT2D eigenvalue weighted by molar-refractivity contribution is 0.215. The zero-order valence-electron chi connectivity index (χ0n) is 13.6. The summed E-state index contributed by atoms with van der Waals surface area (Å²) in [5.74, 6) is -0.436. The Morgan fingerprint density at radius 3 is 2.67 bits per heavy atom. The predicted molar refractivity (Wildman–Crippen MR) is 90.4 cm³/mol. The minimum absolute atomic E-state index is 0.110. The van der Waals surface area contributed by atoms with E-state index >= 15 is 0 Å². The van der Waals surface area contributed by atoms with E-state index in [1.807, 2.05) is 6.07 Å². The summed E-state index contributed by atoms with van der Waals surface area (Å²) in [6.07, 6.45) is 3.56. The third-order valence-electron chi connectivity index (χ3n) is 3.61. The molecule has 0 unspecified atom stereocenters. The van der Waals surface area contributed by atoms with Crippen LogP contribution >= 0.6 is 0 Å². The molecule has 0 N–H and O–H groups in total. The van der Waals surface area contributed by atoms with Crippen LogP contribution < -0.4 is 0 Å². The molecule has 24 heavy (non-hydrogen) atoms. The minimum Gasteiger partial charge on any atom is -0.384 e. The molecule has 0 amide bonds. The number of sulfonamides is 1. The van der Waals surface area contributed by atoms with Crippen molar-refractivity contribution in [1.29, 1.82) is 0 Å². The zero-order chi connectivity index (χ0) is 17.4. The van der Waals surface area contributed by atoms with Gasteiger partial charge < -0.3 is 4.74 Å². The van der Waals surface area contributed by atoms with Gasteiger partial charge in [-0.25, -0.2) is 12.8 Å². The van der Waals surface area contributed by atoms with Crippen LogP contribution in [0.1, 0.15) is 11.1 Å². The lowest BCUT2D eigenvalue weighted by atomic mass is 10.1. The number of pyridine rings is 1. The second-order valence-electron chi connectivity index (χ2n) is 5.35. The maximum absolute atomic E-state index is 13.8. The van der Waals surface area contributed by atoms with E-state index in [0.29, 0.717) is 12.0 Å². The largest absolute Gasteiger partial charge is 0.384 e. The highest BCUT2D eigenvalue weighted by Crippen LogP contribution is 2.13. The van der Waals surface area contributed by atoms with Gasteiger partial charge >= 0.3 is 0 Å². The Labute approximate surface area is 142 Å². The first-order valence-corrected chi connectivity index (χ1v) is 9.23. The van der Waals surface area contributed by atoms with Gasteiger partial charge in [-0.2, -0.15) is 4.31 Å². The molecule has 0 saturated carbocycles. The Morgan fingerprint density at radius 1 is 1.21 bits per heavy atom. The summed E-state index contributed by atoms with van der Waals surface area (Å²) in [6.45, 7) is 0.516. The molecular weight excluding hydrogens is 331 g/mol. The number of hydrogen-bond donors (Lipinski definition) is 0. The van der Waals surface area contributed by atoms with E-state index in [2.05, 4.69) is 4.98 Å². The highest BCUT2D eigenvalue weighted by molar-refractivity contribution is 7.89. The summed E-state index contributed by atoms with van der Waals surface area (Å²) < 4.78 is 45.1. The summed E-state index contributed by atoms with van der Waals surface area (Å²) in [7, 11) is -2.05. The number of rotatable bonds is 9. The van der Waals surface area contributed by atoms with Gasteiger partial charge in [-0.15, -0.1) is 0 Å². The van der Waals surface area contributed by atoms with Gasteiger partial charge in [-0.1, -0.05) is 24.3 Å². The van der Waals surface area contributed by atoms with Gasteiger partial charge in [0.1, 0.15) is 5.82 Å². The number of hydrogen-bond acceptors (Lipinski definition) is 4. The van der Waals surface area contributed by atoms with Crippen molar-refractivity contribution in [3.05, 3.63) is 65.7 Å². The van der Waals surface area contributed by atoms with E-state index in [9.17, 15) is 12.8 Å². The lowest BCUT2D eigenvalue weighted by Crippen LogP contribution is -2.35. The second kappa shape index (κ2) is 8.86. The zero-order valence-corrected chi connectivity index (χ0v) is 14.4. The number of ether oxygens (including phenoxy) is 1. The van der Waals surface area contributed by atoms with Crippen LogP contribution in [0.15, 0.2) is 48.8 Å². The van der Waals surface area contributed by atoms with Crippen molar-refractivity contribution in [2.24, 2.45) is 0 Å². The van der Waals surface area contributed by atoms with Crippen LogP contribution in [0, 0.1) is 5.82 Å². The van der Waals surface area contributed by atoms with Crippen molar-refractivity contribution < 1.29 is 17.5 Å². The fraction of sp³-hybridized carbons (Fsp3) is 0.353. The molecule has 1 aromatic heterocycles. The molecule has 0 spiro atoms. The monoisotopic (exact) mass is 352 g/mol. The summed E-state index contributed by atoms with van der Waals surface area (Å²) in [6, 6.07) is 9.96. The third kappa shape index (κ3) is 5.36. The predicted octanol–water partition coefficient (Wildman–Crippen LogP) is 2.24. The molecule has 0 bridgehead atoms. The van der Waals surface area contributed by atoms with Crippen molar-refractivity contribution in [2.45, 2.75) is 13.0 Å². The minimum atomic E-state index is -3.51. The Bertz CT molecular complexity index is 739. The van der Waals surface area contributed by atoms with Crippen LogP contribution in [0.2, 0.25) is 0 Å². The van der Waals surface area contributed by atoms with Crippen molar-refractivity contribution >= 4 is 10.0 Å². The Kier molecular flexibility index (Phi) is 6.84. The summed E-state index contributed by atoms with van der Waals surface area (Å²) in [4.78, 5) is 4.01. The SMILES string of the molecule is COCCS(=O)(=O)N(CCc1ccccc1F)Cc1cccnc1. The second-order valence-corrected chi connectivity index (χ2v) is 7.43. The molecule has 0 radical (unpaired) electrons. The van der Waals surface area contributed by atoms with E-state index in [0.717, 1.165) is 5.56 Å². The molecule has 1 aromatic carbocycles. The van der Waals surface area contributed by atoms with Crippen molar-refractivity contribution in [3.63, 3.8) is 0 Å². The van der Waals surface area contributed by atoms with Crippen molar-refractivity contribution in [3.8, 4) is 0 Å². The van der Waals surface area contributed by atoms with Crippen molar-refractivity contribution in [1.82, 2.24) is 9.29 Å². The maximum atomic E-state index is 13.8. The van der Waals surface area contributed by atoms with Crippen LogP contribution in [-0.4, -0.2) is 43.7 Å². The van der Waals surface area contributed by atoms with Crippen LogP contribution in [0.5, 0.6) is 0 Å². The first kappa shape index (κ1) is 18.5. The normalized spacial score (nSPS) is 11.8. The molecule has 130 valence electrons. The van der Waals surface area contributed by atoms with Crippen LogP contribution in [0.25, 0.3) is 0 Å². The van der Waals surface area contributed by atoms with Gasteiger partial charge in [0.15, 0.2) is 0 Å². The summed E-state index contributed by atoms with van der Waals surface area (Å²) in [5, 5.41) is 0. The molecule has 7 heteroatoms. The number of benzene rings is 1. The summed E-state index contributed by atoms with van der Waals surface area (Å²) >= 11 is 0. The highest BCUT2D eigenvalue weighted by atomic mass is 32.2. The molecule has 0 aliphatic carbocycles. The van der Waals surface area contributed by atoms with Gasteiger partial charge in [-0.05, 0) is 29.7 Å². The fourth-order valence-electron chi connectivity index (χ4n) is 2.28. The first-order chi connectivity index (χ1) is 11.5. The van der Waals surface area contributed by atoms with Gasteiger partial charge in [0.2, 0.25) is 10.0 Å². The van der Waals surface area contributed by atoms with E-state index in [-0.39, 0.29) is 31.3 Å². The molecule has 5 nitrogen and oxygen atoms in total. The molecule has 0 aliphatic heterocycles. The number of methoxy groups -OCH3 is 1. The molecule has 2 aromatic rings. The number of halogens is 1.